The second-order valence-corrected chi connectivity index (χ2v) is 7.14. The first kappa shape index (κ1) is 15.8. The Balaban J connectivity index is 2.54. The largest absolute Gasteiger partial charge is 0.399 e. The predicted octanol–water partition coefficient (Wildman–Crippen LogP) is 0.785. The summed E-state index contributed by atoms with van der Waals surface area (Å²) in [5, 5.41) is 2.71. The van der Waals surface area contributed by atoms with Crippen LogP contribution < -0.4 is 11.1 Å². The quantitative estimate of drug-likeness (QED) is 0.807. The third-order valence-electron chi connectivity index (χ3n) is 3.72. The van der Waals surface area contributed by atoms with Gasteiger partial charge in [0.25, 0.3) is 0 Å². The highest BCUT2D eigenvalue weighted by atomic mass is 32.2. The number of piperazine rings is 1. The van der Waals surface area contributed by atoms with Crippen LogP contribution in [-0.2, 0) is 14.8 Å². The van der Waals surface area contributed by atoms with Gasteiger partial charge in [-0.3, -0.25) is 4.79 Å². The molecule has 3 N–H and O–H groups in total. The van der Waals surface area contributed by atoms with Gasteiger partial charge in [0.15, 0.2) is 0 Å². The molecule has 1 fully saturated rings. The van der Waals surface area contributed by atoms with E-state index in [0.29, 0.717) is 29.8 Å². The Kier molecular flexibility index (Phi) is 4.25. The Morgan fingerprint density at radius 2 is 1.90 bits per heavy atom. The number of carbonyl (C=O) groups is 1. The molecule has 1 aromatic carbocycles. The van der Waals surface area contributed by atoms with E-state index in [1.54, 1.807) is 32.9 Å². The Hall–Kier alpha value is -1.60. The highest BCUT2D eigenvalue weighted by Crippen LogP contribution is 2.28. The summed E-state index contributed by atoms with van der Waals surface area (Å²) < 4.78 is 27.2. The number of nitrogen functional groups attached to an aromatic ring is 1. The molecule has 0 bridgehead atoms. The smallest absolute Gasteiger partial charge is 0.244 e. The van der Waals surface area contributed by atoms with Crippen LogP contribution in [0, 0.1) is 13.8 Å². The van der Waals surface area contributed by atoms with Gasteiger partial charge in [-0.25, -0.2) is 8.42 Å². The third kappa shape index (κ3) is 2.75. The maximum absolute atomic E-state index is 13.0. The molecule has 6 nitrogen and oxygen atoms in total. The molecule has 2 rings (SSSR count). The zero-order chi connectivity index (χ0) is 15.8. The van der Waals surface area contributed by atoms with Crippen LogP contribution in [0.1, 0.15) is 24.5 Å². The van der Waals surface area contributed by atoms with Crippen molar-refractivity contribution in [2.24, 2.45) is 0 Å². The summed E-state index contributed by atoms with van der Waals surface area (Å²) in [5.41, 5.74) is 7.50. The van der Waals surface area contributed by atoms with Crippen molar-refractivity contribution in [2.75, 3.05) is 18.8 Å². The van der Waals surface area contributed by atoms with Crippen LogP contribution in [0.15, 0.2) is 17.0 Å². The second kappa shape index (κ2) is 5.65. The molecule has 1 saturated heterocycles. The van der Waals surface area contributed by atoms with Gasteiger partial charge in [0.05, 0.1) is 4.90 Å². The molecular weight excluding hydrogens is 290 g/mol. The maximum atomic E-state index is 13.0. The number of nitrogens with one attached hydrogen (secondary N) is 1. The van der Waals surface area contributed by atoms with E-state index in [1.807, 2.05) is 0 Å². The highest BCUT2D eigenvalue weighted by Gasteiger charge is 2.38. The average Bonchev–Trinajstić information content (AvgIpc) is 2.36. The predicted molar refractivity (Wildman–Crippen MR) is 81.3 cm³/mol. The zero-order valence-corrected chi connectivity index (χ0v) is 13.3. The van der Waals surface area contributed by atoms with E-state index in [2.05, 4.69) is 5.32 Å². The van der Waals surface area contributed by atoms with Crippen molar-refractivity contribution in [3.63, 3.8) is 0 Å². The fourth-order valence-corrected chi connectivity index (χ4v) is 4.96. The van der Waals surface area contributed by atoms with Gasteiger partial charge in [-0.15, -0.1) is 0 Å². The minimum absolute atomic E-state index is 0.238. The molecule has 116 valence electrons. The number of anilines is 1. The van der Waals surface area contributed by atoms with Crippen LogP contribution in [-0.4, -0.2) is 37.8 Å². The summed E-state index contributed by atoms with van der Waals surface area (Å²) in [5.74, 6) is -0.238. The van der Waals surface area contributed by atoms with Crippen molar-refractivity contribution >= 4 is 21.6 Å². The molecule has 1 amide bonds. The fourth-order valence-electron chi connectivity index (χ4n) is 2.88. The number of rotatable bonds is 3. The summed E-state index contributed by atoms with van der Waals surface area (Å²) in [6.45, 7) is 5.88. The van der Waals surface area contributed by atoms with E-state index in [4.69, 9.17) is 5.73 Å². The SMILES string of the molecule is CCC1C(=O)NCCN1S(=O)(=O)c1c(C)cc(N)cc1C. The monoisotopic (exact) mass is 311 g/mol. The van der Waals surface area contributed by atoms with Crippen molar-refractivity contribution in [3.8, 4) is 0 Å². The Bertz CT molecular complexity index is 647. The Morgan fingerprint density at radius 3 is 2.43 bits per heavy atom. The molecule has 1 unspecified atom stereocenters. The van der Waals surface area contributed by atoms with Gasteiger partial charge in [0.1, 0.15) is 6.04 Å². The van der Waals surface area contributed by atoms with E-state index in [9.17, 15) is 13.2 Å². The number of carbonyl (C=O) groups excluding carboxylic acids is 1. The molecule has 0 aromatic heterocycles. The van der Waals surface area contributed by atoms with Crippen LogP contribution in [0.2, 0.25) is 0 Å². The van der Waals surface area contributed by atoms with Gasteiger partial charge in [-0.2, -0.15) is 4.31 Å². The third-order valence-corrected chi connectivity index (χ3v) is 5.93. The van der Waals surface area contributed by atoms with Gasteiger partial charge >= 0.3 is 0 Å². The van der Waals surface area contributed by atoms with Crippen molar-refractivity contribution < 1.29 is 13.2 Å². The van der Waals surface area contributed by atoms with Gasteiger partial charge in [-0.1, -0.05) is 6.92 Å². The normalized spacial score (nSPS) is 20.3. The summed E-state index contributed by atoms with van der Waals surface area (Å²) in [7, 11) is -3.72. The van der Waals surface area contributed by atoms with Crippen molar-refractivity contribution in [3.05, 3.63) is 23.3 Å². The molecule has 0 spiro atoms. The lowest BCUT2D eigenvalue weighted by atomic mass is 10.1. The summed E-state index contributed by atoms with van der Waals surface area (Å²) in [4.78, 5) is 12.2. The van der Waals surface area contributed by atoms with Crippen molar-refractivity contribution in [1.82, 2.24) is 9.62 Å². The van der Waals surface area contributed by atoms with E-state index in [0.717, 1.165) is 0 Å². The first-order valence-corrected chi connectivity index (χ1v) is 8.39. The van der Waals surface area contributed by atoms with Crippen LogP contribution >= 0.6 is 0 Å². The van der Waals surface area contributed by atoms with Gasteiger partial charge < -0.3 is 11.1 Å². The molecule has 1 heterocycles. The van der Waals surface area contributed by atoms with E-state index in [1.165, 1.54) is 4.31 Å². The molecule has 1 aliphatic rings. The zero-order valence-electron chi connectivity index (χ0n) is 12.5. The lowest BCUT2D eigenvalue weighted by Gasteiger charge is -2.34. The number of hydrogen-bond donors (Lipinski definition) is 2. The lowest BCUT2D eigenvalue weighted by Crippen LogP contribution is -2.56. The molecule has 1 aliphatic heterocycles. The number of nitrogens with two attached hydrogens (primary N) is 1. The lowest BCUT2D eigenvalue weighted by molar-refractivity contribution is -0.126. The van der Waals surface area contributed by atoms with E-state index in [-0.39, 0.29) is 17.3 Å². The Labute approximate surface area is 125 Å². The second-order valence-electron chi connectivity index (χ2n) is 5.31. The van der Waals surface area contributed by atoms with Gasteiger partial charge in [-0.05, 0) is 43.5 Å². The molecule has 0 aliphatic carbocycles. The maximum Gasteiger partial charge on any atom is 0.244 e. The van der Waals surface area contributed by atoms with Crippen LogP contribution in [0.25, 0.3) is 0 Å². The topological polar surface area (TPSA) is 92.5 Å². The molecular formula is C14H21N3O3S. The minimum atomic E-state index is -3.72. The average molecular weight is 311 g/mol. The Morgan fingerprint density at radius 1 is 1.33 bits per heavy atom. The van der Waals surface area contributed by atoms with Gasteiger partial charge in [0.2, 0.25) is 15.9 Å². The molecule has 0 saturated carbocycles. The number of sulfonamides is 1. The van der Waals surface area contributed by atoms with Gasteiger partial charge in [0, 0.05) is 18.8 Å². The minimum Gasteiger partial charge on any atom is -0.399 e. The number of nitrogens with zero attached hydrogens (tertiary/aromatic N) is 1. The molecule has 21 heavy (non-hydrogen) atoms. The highest BCUT2D eigenvalue weighted by molar-refractivity contribution is 7.89. The number of benzene rings is 1. The number of amides is 1. The number of aryl methyl sites for hydroxylation is 2. The van der Waals surface area contributed by atoms with Crippen LogP contribution in [0.5, 0.6) is 0 Å². The van der Waals surface area contributed by atoms with Crippen LogP contribution in [0.3, 0.4) is 0 Å². The summed E-state index contributed by atoms with van der Waals surface area (Å²) >= 11 is 0. The standard InChI is InChI=1S/C14H21N3O3S/c1-4-12-14(18)16-5-6-17(12)21(19,20)13-9(2)7-11(15)8-10(13)3/h7-8,12H,4-6,15H2,1-3H3,(H,16,18). The fraction of sp³-hybridized carbons (Fsp3) is 0.500. The van der Waals surface area contributed by atoms with E-state index >= 15 is 0 Å². The molecule has 0 radical (unpaired) electrons. The first-order chi connectivity index (χ1) is 9.78. The first-order valence-electron chi connectivity index (χ1n) is 6.95. The van der Waals surface area contributed by atoms with Crippen molar-refractivity contribution in [2.45, 2.75) is 38.1 Å². The van der Waals surface area contributed by atoms with Crippen LogP contribution in [0.4, 0.5) is 5.69 Å². The van der Waals surface area contributed by atoms with E-state index < -0.39 is 16.1 Å². The molecule has 1 aromatic rings. The summed E-state index contributed by atoms with van der Waals surface area (Å²) in [6.07, 6.45) is 0.443. The number of hydrogen-bond acceptors (Lipinski definition) is 4. The molecule has 1 atom stereocenters. The molecule has 7 heteroatoms. The summed E-state index contributed by atoms with van der Waals surface area (Å²) in [6, 6.07) is 2.63. The van der Waals surface area contributed by atoms with Crippen molar-refractivity contribution in [1.29, 1.82) is 0 Å².